The van der Waals surface area contributed by atoms with Crippen LogP contribution in [-0.2, 0) is 0 Å². The summed E-state index contributed by atoms with van der Waals surface area (Å²) in [7, 11) is 0. The van der Waals surface area contributed by atoms with Crippen LogP contribution in [0.3, 0.4) is 0 Å². The Bertz CT molecular complexity index is 490. The molecule has 2 aromatic rings. The summed E-state index contributed by atoms with van der Waals surface area (Å²) in [6, 6.07) is 7.66. The Morgan fingerprint density at radius 2 is 2.00 bits per heavy atom. The molecule has 2 rings (SSSR count). The van der Waals surface area contributed by atoms with Crippen LogP contribution in [0.4, 0.5) is 0 Å². The van der Waals surface area contributed by atoms with Crippen LogP contribution in [0.2, 0.25) is 0 Å². The molecule has 0 radical (unpaired) electrons. The van der Waals surface area contributed by atoms with E-state index in [1.54, 1.807) is 17.1 Å². The number of halogens is 1. The van der Waals surface area contributed by atoms with Crippen LogP contribution in [0.25, 0.3) is 5.69 Å². The average Bonchev–Trinajstić information content (AvgIpc) is 2.68. The second-order valence-electron chi connectivity index (χ2n) is 3.01. The van der Waals surface area contributed by atoms with Gasteiger partial charge in [-0.15, -0.1) is 0 Å². The number of carbonyl (C=O) groups is 1. The van der Waals surface area contributed by atoms with E-state index in [1.165, 1.54) is 0 Å². The zero-order valence-corrected chi connectivity index (χ0v) is 9.31. The first-order chi connectivity index (χ1) is 7.16. The lowest BCUT2D eigenvalue weighted by Gasteiger charge is -2.00. The molecule has 0 fully saturated rings. The minimum atomic E-state index is -0.522. The fourth-order valence-electron chi connectivity index (χ4n) is 1.20. The van der Waals surface area contributed by atoms with Gasteiger partial charge >= 0.3 is 0 Å². The van der Waals surface area contributed by atoms with Gasteiger partial charge in [0.15, 0.2) is 0 Å². The van der Waals surface area contributed by atoms with Gasteiger partial charge in [0.1, 0.15) is 12.0 Å². The van der Waals surface area contributed by atoms with E-state index in [2.05, 4.69) is 20.9 Å². The van der Waals surface area contributed by atoms with E-state index in [9.17, 15) is 4.79 Å². The predicted molar refractivity (Wildman–Crippen MR) is 59.8 cm³/mol. The van der Waals surface area contributed by atoms with Crippen molar-refractivity contribution in [1.82, 2.24) is 9.55 Å². The van der Waals surface area contributed by atoms with Crippen molar-refractivity contribution in [3.8, 4) is 5.69 Å². The molecule has 0 saturated carbocycles. The van der Waals surface area contributed by atoms with E-state index in [-0.39, 0.29) is 5.69 Å². The number of aromatic nitrogens is 2. The highest BCUT2D eigenvalue weighted by Gasteiger charge is 2.04. The summed E-state index contributed by atoms with van der Waals surface area (Å²) in [6.07, 6.45) is 3.16. The Kier molecular flexibility index (Phi) is 2.55. The molecule has 1 heterocycles. The molecule has 76 valence electrons. The van der Waals surface area contributed by atoms with E-state index in [0.29, 0.717) is 0 Å². The summed E-state index contributed by atoms with van der Waals surface area (Å²) in [6.45, 7) is 0. The van der Waals surface area contributed by atoms with Gasteiger partial charge < -0.3 is 10.3 Å². The Balaban J connectivity index is 2.37. The van der Waals surface area contributed by atoms with Crippen molar-refractivity contribution in [2.45, 2.75) is 0 Å². The lowest BCUT2D eigenvalue weighted by Crippen LogP contribution is -2.10. The third-order valence-electron chi connectivity index (χ3n) is 1.96. The number of imidazole rings is 1. The molecule has 0 saturated heterocycles. The minimum absolute atomic E-state index is 0.262. The van der Waals surface area contributed by atoms with Crippen molar-refractivity contribution in [2.24, 2.45) is 5.73 Å². The molecular formula is C10H8BrN3O. The van der Waals surface area contributed by atoms with Crippen LogP contribution in [-0.4, -0.2) is 15.5 Å². The number of hydrogen-bond donors (Lipinski definition) is 1. The first-order valence-corrected chi connectivity index (χ1v) is 5.06. The summed E-state index contributed by atoms with van der Waals surface area (Å²) >= 11 is 3.35. The van der Waals surface area contributed by atoms with Crippen molar-refractivity contribution in [2.75, 3.05) is 0 Å². The third-order valence-corrected chi connectivity index (χ3v) is 2.49. The van der Waals surface area contributed by atoms with E-state index in [0.717, 1.165) is 10.2 Å². The van der Waals surface area contributed by atoms with Crippen LogP contribution in [0, 0.1) is 0 Å². The summed E-state index contributed by atoms with van der Waals surface area (Å²) in [4.78, 5) is 14.7. The number of primary amides is 1. The van der Waals surface area contributed by atoms with Gasteiger partial charge in [-0.05, 0) is 24.3 Å². The first kappa shape index (κ1) is 9.92. The number of hydrogen-bond acceptors (Lipinski definition) is 2. The second kappa shape index (κ2) is 3.86. The van der Waals surface area contributed by atoms with Gasteiger partial charge in [0.25, 0.3) is 5.91 Å². The highest BCUT2D eigenvalue weighted by Crippen LogP contribution is 2.14. The monoisotopic (exact) mass is 265 g/mol. The minimum Gasteiger partial charge on any atom is -0.364 e. The first-order valence-electron chi connectivity index (χ1n) is 4.26. The van der Waals surface area contributed by atoms with Crippen molar-refractivity contribution in [3.05, 3.63) is 47.0 Å². The molecule has 0 aliphatic heterocycles. The summed E-state index contributed by atoms with van der Waals surface area (Å²) in [5.74, 6) is -0.522. The van der Waals surface area contributed by atoms with Gasteiger partial charge in [-0.1, -0.05) is 15.9 Å². The molecule has 15 heavy (non-hydrogen) atoms. The van der Waals surface area contributed by atoms with E-state index >= 15 is 0 Å². The van der Waals surface area contributed by atoms with Gasteiger partial charge in [0.05, 0.1) is 0 Å². The maximum atomic E-state index is 10.8. The van der Waals surface area contributed by atoms with Crippen LogP contribution < -0.4 is 5.73 Å². The number of nitrogens with two attached hydrogens (primary N) is 1. The van der Waals surface area contributed by atoms with Gasteiger partial charge in [0.2, 0.25) is 0 Å². The molecule has 1 amide bonds. The second-order valence-corrected chi connectivity index (χ2v) is 3.92. The third kappa shape index (κ3) is 2.07. The summed E-state index contributed by atoms with van der Waals surface area (Å²) in [5, 5.41) is 0. The van der Waals surface area contributed by atoms with E-state index in [4.69, 9.17) is 5.73 Å². The van der Waals surface area contributed by atoms with Crippen LogP contribution in [0.5, 0.6) is 0 Å². The maximum absolute atomic E-state index is 10.8. The summed E-state index contributed by atoms with van der Waals surface area (Å²) < 4.78 is 2.74. The van der Waals surface area contributed by atoms with Crippen LogP contribution >= 0.6 is 15.9 Å². The molecule has 0 aliphatic rings. The molecule has 0 bridgehead atoms. The Hall–Kier alpha value is -1.62. The lowest BCUT2D eigenvalue weighted by atomic mass is 10.3. The highest BCUT2D eigenvalue weighted by atomic mass is 79.9. The summed E-state index contributed by atoms with van der Waals surface area (Å²) in [5.41, 5.74) is 6.30. The van der Waals surface area contributed by atoms with E-state index in [1.807, 2.05) is 24.3 Å². The molecule has 4 nitrogen and oxygen atoms in total. The Morgan fingerprint density at radius 1 is 1.33 bits per heavy atom. The zero-order chi connectivity index (χ0) is 10.8. The van der Waals surface area contributed by atoms with Crippen LogP contribution in [0.15, 0.2) is 41.3 Å². The Labute approximate surface area is 94.9 Å². The normalized spacial score (nSPS) is 10.2. The largest absolute Gasteiger partial charge is 0.364 e. The van der Waals surface area contributed by atoms with Crippen molar-refractivity contribution in [3.63, 3.8) is 0 Å². The van der Waals surface area contributed by atoms with Gasteiger partial charge in [-0.25, -0.2) is 4.98 Å². The highest BCUT2D eigenvalue weighted by molar-refractivity contribution is 9.10. The molecular weight excluding hydrogens is 258 g/mol. The maximum Gasteiger partial charge on any atom is 0.268 e. The molecule has 0 unspecified atom stereocenters. The molecule has 1 aromatic carbocycles. The van der Waals surface area contributed by atoms with Gasteiger partial charge in [-0.2, -0.15) is 0 Å². The smallest absolute Gasteiger partial charge is 0.268 e. The molecule has 2 N–H and O–H groups in total. The Morgan fingerprint density at radius 3 is 2.53 bits per heavy atom. The zero-order valence-electron chi connectivity index (χ0n) is 7.72. The van der Waals surface area contributed by atoms with Crippen LogP contribution in [0.1, 0.15) is 10.5 Å². The molecule has 0 spiro atoms. The van der Waals surface area contributed by atoms with Crippen molar-refractivity contribution >= 4 is 21.8 Å². The van der Waals surface area contributed by atoms with Crippen molar-refractivity contribution in [1.29, 1.82) is 0 Å². The standard InChI is InChI=1S/C10H8BrN3O/c11-7-1-3-8(4-2-7)14-5-9(10(12)15)13-6-14/h1-6H,(H2,12,15). The molecule has 1 aromatic heterocycles. The number of rotatable bonds is 2. The fourth-order valence-corrected chi connectivity index (χ4v) is 1.47. The number of amides is 1. The average molecular weight is 266 g/mol. The molecule has 0 aliphatic carbocycles. The van der Waals surface area contributed by atoms with Gasteiger partial charge in [-0.3, -0.25) is 4.79 Å². The van der Waals surface area contributed by atoms with E-state index < -0.39 is 5.91 Å². The fraction of sp³-hybridized carbons (Fsp3) is 0. The number of nitrogens with zero attached hydrogens (tertiary/aromatic N) is 2. The molecule has 0 atom stereocenters. The van der Waals surface area contributed by atoms with Crippen molar-refractivity contribution < 1.29 is 4.79 Å². The lowest BCUT2D eigenvalue weighted by molar-refractivity contribution is 0.0996. The molecule has 5 heteroatoms. The topological polar surface area (TPSA) is 60.9 Å². The number of benzene rings is 1. The quantitative estimate of drug-likeness (QED) is 0.899. The SMILES string of the molecule is NC(=O)c1cn(-c2ccc(Br)cc2)cn1. The predicted octanol–water partition coefficient (Wildman–Crippen LogP) is 1.73. The number of carbonyl (C=O) groups excluding carboxylic acids is 1. The van der Waals surface area contributed by atoms with Gasteiger partial charge in [0, 0.05) is 16.4 Å².